The van der Waals surface area contributed by atoms with Gasteiger partial charge in [-0.15, -0.1) is 0 Å². The van der Waals surface area contributed by atoms with E-state index in [1.165, 1.54) is 0 Å². The third-order valence-electron chi connectivity index (χ3n) is 4.44. The molecule has 3 N–H and O–H groups in total. The fourth-order valence-corrected chi connectivity index (χ4v) is 3.45. The highest BCUT2D eigenvalue weighted by Crippen LogP contribution is 2.40. The molecule has 2 heterocycles. The first kappa shape index (κ1) is 16.7. The maximum Gasteiger partial charge on any atom is 0.142 e. The number of anilines is 1. The molecule has 128 valence electrons. The number of nitriles is 2. The Balaban J connectivity index is 2.14. The molecule has 0 atom stereocenters. The standard InChI is InChI=1S/C21H12ClN5/c22-17-7-3-1-6-13(17)19-14(9-23)20(27-21(25)15(19)10-24)16-11-26-18-8-4-2-5-12(16)18/h1-8,11,26H,(H2,25,27). The number of benzene rings is 2. The lowest BCUT2D eigenvalue weighted by molar-refractivity contribution is 1.29. The molecule has 2 aromatic carbocycles. The van der Waals surface area contributed by atoms with Gasteiger partial charge in [0.25, 0.3) is 0 Å². The molecule has 0 radical (unpaired) electrons. The normalized spacial score (nSPS) is 10.5. The summed E-state index contributed by atoms with van der Waals surface area (Å²) in [5, 5.41) is 20.9. The van der Waals surface area contributed by atoms with Crippen molar-refractivity contribution in [2.24, 2.45) is 0 Å². The van der Waals surface area contributed by atoms with Crippen molar-refractivity contribution in [1.29, 1.82) is 10.5 Å². The van der Waals surface area contributed by atoms with Crippen molar-refractivity contribution in [2.45, 2.75) is 0 Å². The Labute approximate surface area is 160 Å². The van der Waals surface area contributed by atoms with Crippen LogP contribution in [0.25, 0.3) is 33.3 Å². The highest BCUT2D eigenvalue weighted by Gasteiger charge is 2.23. The molecule has 0 saturated heterocycles. The maximum absolute atomic E-state index is 9.94. The van der Waals surface area contributed by atoms with E-state index in [9.17, 15) is 10.5 Å². The lowest BCUT2D eigenvalue weighted by Gasteiger charge is -2.14. The summed E-state index contributed by atoms with van der Waals surface area (Å²) in [4.78, 5) is 7.57. The Hall–Kier alpha value is -3.80. The SMILES string of the molecule is N#Cc1c(N)nc(-c2c[nH]c3ccccc23)c(C#N)c1-c1ccccc1Cl. The van der Waals surface area contributed by atoms with Crippen molar-refractivity contribution in [3.63, 3.8) is 0 Å². The van der Waals surface area contributed by atoms with Gasteiger partial charge in [-0.25, -0.2) is 4.98 Å². The zero-order valence-corrected chi connectivity index (χ0v) is 14.7. The van der Waals surface area contributed by atoms with Gasteiger partial charge in [-0.2, -0.15) is 10.5 Å². The summed E-state index contributed by atoms with van der Waals surface area (Å²) < 4.78 is 0. The van der Waals surface area contributed by atoms with Crippen LogP contribution in [0.1, 0.15) is 11.1 Å². The number of pyridine rings is 1. The van der Waals surface area contributed by atoms with Crippen LogP contribution in [-0.4, -0.2) is 9.97 Å². The van der Waals surface area contributed by atoms with Crippen LogP contribution in [0.15, 0.2) is 54.7 Å². The number of para-hydroxylation sites is 1. The molecular weight excluding hydrogens is 358 g/mol. The number of halogens is 1. The number of H-pyrrole nitrogens is 1. The van der Waals surface area contributed by atoms with E-state index in [0.717, 1.165) is 16.5 Å². The molecule has 0 saturated carbocycles. The first-order chi connectivity index (χ1) is 13.2. The van der Waals surface area contributed by atoms with Crippen LogP contribution in [0.5, 0.6) is 0 Å². The molecule has 4 rings (SSSR count). The second kappa shape index (κ2) is 6.49. The third kappa shape index (κ3) is 2.58. The predicted octanol–water partition coefficient (Wildman–Crippen LogP) is 4.88. The monoisotopic (exact) mass is 369 g/mol. The molecule has 0 aliphatic carbocycles. The van der Waals surface area contributed by atoms with E-state index in [-0.39, 0.29) is 16.9 Å². The first-order valence-corrected chi connectivity index (χ1v) is 8.48. The van der Waals surface area contributed by atoms with Crippen molar-refractivity contribution < 1.29 is 0 Å². The molecule has 0 aliphatic heterocycles. The minimum absolute atomic E-state index is 0.0618. The van der Waals surface area contributed by atoms with Gasteiger partial charge in [-0.05, 0) is 12.1 Å². The fourth-order valence-electron chi connectivity index (χ4n) is 3.22. The molecule has 0 bridgehead atoms. The number of nitrogen functional groups attached to an aromatic ring is 1. The molecule has 5 nitrogen and oxygen atoms in total. The van der Waals surface area contributed by atoms with E-state index in [1.54, 1.807) is 30.5 Å². The van der Waals surface area contributed by atoms with Gasteiger partial charge in [-0.3, -0.25) is 0 Å². The Morgan fingerprint density at radius 2 is 1.63 bits per heavy atom. The van der Waals surface area contributed by atoms with Crippen LogP contribution < -0.4 is 5.73 Å². The average molecular weight is 370 g/mol. The molecule has 2 aromatic heterocycles. The number of hydrogen-bond donors (Lipinski definition) is 2. The molecular formula is C21H12ClN5. The fraction of sp³-hybridized carbons (Fsp3) is 0. The second-order valence-electron chi connectivity index (χ2n) is 5.92. The lowest BCUT2D eigenvalue weighted by atomic mass is 9.92. The van der Waals surface area contributed by atoms with Gasteiger partial charge < -0.3 is 10.7 Å². The van der Waals surface area contributed by atoms with E-state index >= 15 is 0 Å². The number of nitrogens with two attached hydrogens (primary N) is 1. The minimum Gasteiger partial charge on any atom is -0.383 e. The van der Waals surface area contributed by atoms with E-state index in [4.69, 9.17) is 17.3 Å². The Morgan fingerprint density at radius 3 is 2.37 bits per heavy atom. The smallest absolute Gasteiger partial charge is 0.142 e. The number of hydrogen-bond acceptors (Lipinski definition) is 4. The average Bonchev–Trinajstić information content (AvgIpc) is 3.11. The summed E-state index contributed by atoms with van der Waals surface area (Å²) in [6, 6.07) is 19.0. The van der Waals surface area contributed by atoms with Gasteiger partial charge in [0.05, 0.1) is 11.3 Å². The Kier molecular flexibility index (Phi) is 4.01. The van der Waals surface area contributed by atoms with Crippen LogP contribution in [0.4, 0.5) is 5.82 Å². The molecule has 0 fully saturated rings. The van der Waals surface area contributed by atoms with Gasteiger partial charge >= 0.3 is 0 Å². The van der Waals surface area contributed by atoms with Crippen LogP contribution >= 0.6 is 11.6 Å². The van der Waals surface area contributed by atoms with Gasteiger partial charge in [0, 0.05) is 38.8 Å². The number of aromatic amines is 1. The number of rotatable bonds is 2. The number of nitrogens with one attached hydrogen (secondary N) is 1. The number of nitrogens with zero attached hydrogens (tertiary/aromatic N) is 3. The van der Waals surface area contributed by atoms with E-state index in [1.807, 2.05) is 24.3 Å². The second-order valence-corrected chi connectivity index (χ2v) is 6.33. The summed E-state index contributed by atoms with van der Waals surface area (Å²) in [7, 11) is 0. The minimum atomic E-state index is 0.0618. The van der Waals surface area contributed by atoms with Crippen molar-refractivity contribution in [3.8, 4) is 34.5 Å². The quantitative estimate of drug-likeness (QED) is 0.525. The topological polar surface area (TPSA) is 102 Å². The highest BCUT2D eigenvalue weighted by molar-refractivity contribution is 6.33. The Morgan fingerprint density at radius 1 is 0.926 bits per heavy atom. The van der Waals surface area contributed by atoms with Crippen molar-refractivity contribution in [2.75, 3.05) is 5.73 Å². The maximum atomic E-state index is 9.94. The molecule has 0 aliphatic rings. The molecule has 0 amide bonds. The van der Waals surface area contributed by atoms with Crippen molar-refractivity contribution in [1.82, 2.24) is 9.97 Å². The molecule has 0 unspecified atom stereocenters. The highest BCUT2D eigenvalue weighted by atomic mass is 35.5. The summed E-state index contributed by atoms with van der Waals surface area (Å²) in [6.07, 6.45) is 1.79. The van der Waals surface area contributed by atoms with Gasteiger partial charge in [0.1, 0.15) is 23.5 Å². The molecule has 27 heavy (non-hydrogen) atoms. The van der Waals surface area contributed by atoms with Crippen molar-refractivity contribution >= 4 is 28.3 Å². The van der Waals surface area contributed by atoms with Crippen LogP contribution in [0.2, 0.25) is 5.02 Å². The van der Waals surface area contributed by atoms with Crippen LogP contribution in [0.3, 0.4) is 0 Å². The first-order valence-electron chi connectivity index (χ1n) is 8.10. The molecule has 4 aromatic rings. The van der Waals surface area contributed by atoms with Crippen LogP contribution in [0, 0.1) is 22.7 Å². The number of fused-ring (bicyclic) bond motifs is 1. The zero-order valence-electron chi connectivity index (χ0n) is 14.0. The van der Waals surface area contributed by atoms with E-state index < -0.39 is 0 Å². The summed E-state index contributed by atoms with van der Waals surface area (Å²) in [5.41, 5.74) is 9.55. The predicted molar refractivity (Wildman–Crippen MR) is 106 cm³/mol. The van der Waals surface area contributed by atoms with Gasteiger partial charge in [0.2, 0.25) is 0 Å². The molecule has 0 spiro atoms. The van der Waals surface area contributed by atoms with E-state index in [2.05, 4.69) is 22.1 Å². The summed E-state index contributed by atoms with van der Waals surface area (Å²) in [5.74, 6) is 0.0618. The molecule has 6 heteroatoms. The third-order valence-corrected chi connectivity index (χ3v) is 4.77. The van der Waals surface area contributed by atoms with Crippen molar-refractivity contribution in [3.05, 3.63) is 70.9 Å². The van der Waals surface area contributed by atoms with E-state index in [0.29, 0.717) is 21.8 Å². The number of aromatic nitrogens is 2. The van der Waals surface area contributed by atoms with Gasteiger partial charge in [-0.1, -0.05) is 48.0 Å². The summed E-state index contributed by atoms with van der Waals surface area (Å²) >= 11 is 6.36. The van der Waals surface area contributed by atoms with Gasteiger partial charge in [0.15, 0.2) is 0 Å². The Bertz CT molecular complexity index is 1270. The largest absolute Gasteiger partial charge is 0.383 e. The summed E-state index contributed by atoms with van der Waals surface area (Å²) in [6.45, 7) is 0. The zero-order chi connectivity index (χ0) is 19.0. The van der Waals surface area contributed by atoms with Crippen LogP contribution in [-0.2, 0) is 0 Å². The lowest BCUT2D eigenvalue weighted by Crippen LogP contribution is -2.04.